The van der Waals surface area contributed by atoms with Gasteiger partial charge in [0.25, 0.3) is 5.91 Å². The second kappa shape index (κ2) is 8.17. The number of nitrogens with zero attached hydrogens (tertiary/aromatic N) is 2. The maximum Gasteiger partial charge on any atom is 0.257 e. The molecule has 28 heavy (non-hydrogen) atoms. The quantitative estimate of drug-likeness (QED) is 0.705. The maximum atomic E-state index is 13.2. The van der Waals surface area contributed by atoms with Crippen molar-refractivity contribution >= 4 is 34.1 Å². The number of hydrogen-bond acceptors (Lipinski definition) is 4. The van der Waals surface area contributed by atoms with Gasteiger partial charge in [-0.1, -0.05) is 41.9 Å². The highest BCUT2D eigenvalue weighted by molar-refractivity contribution is 6.31. The lowest BCUT2D eigenvalue weighted by atomic mass is 10.0. The van der Waals surface area contributed by atoms with Gasteiger partial charge >= 0.3 is 0 Å². The van der Waals surface area contributed by atoms with Crippen LogP contribution in [0, 0.1) is 0 Å². The van der Waals surface area contributed by atoms with Crippen molar-refractivity contribution in [2.75, 3.05) is 31.6 Å². The molecule has 4 rings (SSSR count). The molecule has 0 spiro atoms. The van der Waals surface area contributed by atoms with Gasteiger partial charge in [-0.25, -0.2) is 0 Å². The second-order valence-electron chi connectivity index (χ2n) is 6.89. The lowest BCUT2D eigenvalue weighted by molar-refractivity contribution is 0.0303. The van der Waals surface area contributed by atoms with Crippen LogP contribution < -0.4 is 5.32 Å². The van der Waals surface area contributed by atoms with Gasteiger partial charge in [-0.15, -0.1) is 0 Å². The molecule has 1 atom stereocenters. The molecule has 5 nitrogen and oxygen atoms in total. The fraction of sp³-hybridized carbons (Fsp3) is 0.273. The van der Waals surface area contributed by atoms with E-state index in [9.17, 15) is 4.79 Å². The SMILES string of the molecule is C[C@H](Nc1c(C(=O)N2CCOCC2)cnc2ccc(Cl)cc12)c1ccccc1. The fourth-order valence-corrected chi connectivity index (χ4v) is 3.63. The lowest BCUT2D eigenvalue weighted by Crippen LogP contribution is -2.41. The molecule has 1 saturated heterocycles. The molecule has 0 radical (unpaired) electrons. The molecule has 1 aliphatic rings. The van der Waals surface area contributed by atoms with Gasteiger partial charge in [0.05, 0.1) is 30.0 Å². The van der Waals surface area contributed by atoms with Crippen LogP contribution in [-0.4, -0.2) is 42.1 Å². The van der Waals surface area contributed by atoms with Crippen LogP contribution in [0.3, 0.4) is 0 Å². The van der Waals surface area contributed by atoms with Crippen LogP contribution in [0.5, 0.6) is 0 Å². The number of amides is 1. The molecule has 1 N–H and O–H groups in total. The summed E-state index contributed by atoms with van der Waals surface area (Å²) in [5, 5.41) is 4.99. The van der Waals surface area contributed by atoms with Gasteiger partial charge in [0, 0.05) is 35.7 Å². The first-order chi connectivity index (χ1) is 13.6. The van der Waals surface area contributed by atoms with E-state index in [0.29, 0.717) is 36.9 Å². The molecule has 0 bridgehead atoms. The molecule has 0 aliphatic carbocycles. The van der Waals surface area contributed by atoms with Gasteiger partial charge in [-0.05, 0) is 30.7 Å². The van der Waals surface area contributed by atoms with Crippen molar-refractivity contribution in [3.63, 3.8) is 0 Å². The minimum absolute atomic E-state index is 0.0158. The molecular formula is C22H22ClN3O2. The van der Waals surface area contributed by atoms with Gasteiger partial charge in [0.1, 0.15) is 0 Å². The van der Waals surface area contributed by atoms with Gasteiger partial charge in [0.2, 0.25) is 0 Å². The summed E-state index contributed by atoms with van der Waals surface area (Å²) in [5.74, 6) is -0.0413. The third kappa shape index (κ3) is 3.81. The number of ether oxygens (including phenoxy) is 1. The number of carbonyl (C=O) groups excluding carboxylic acids is 1. The Morgan fingerprint density at radius 3 is 2.68 bits per heavy atom. The summed E-state index contributed by atoms with van der Waals surface area (Å²) >= 11 is 6.26. The number of anilines is 1. The minimum atomic E-state index is -0.0413. The Balaban J connectivity index is 1.78. The van der Waals surface area contributed by atoms with Gasteiger partial charge in [-0.3, -0.25) is 9.78 Å². The Bertz CT molecular complexity index is 988. The Morgan fingerprint density at radius 2 is 1.93 bits per heavy atom. The molecule has 1 aliphatic heterocycles. The molecule has 2 aromatic carbocycles. The van der Waals surface area contributed by atoms with Crippen LogP contribution in [0.15, 0.2) is 54.7 Å². The van der Waals surface area contributed by atoms with E-state index in [-0.39, 0.29) is 11.9 Å². The summed E-state index contributed by atoms with van der Waals surface area (Å²) in [7, 11) is 0. The molecule has 1 aromatic heterocycles. The van der Waals surface area contributed by atoms with Crippen molar-refractivity contribution in [2.45, 2.75) is 13.0 Å². The molecule has 1 fully saturated rings. The van der Waals surface area contributed by atoms with Crippen molar-refractivity contribution in [3.05, 3.63) is 70.9 Å². The number of morpholine rings is 1. The first kappa shape index (κ1) is 18.7. The summed E-state index contributed by atoms with van der Waals surface area (Å²) in [4.78, 5) is 19.5. The molecule has 3 aromatic rings. The molecule has 0 saturated carbocycles. The van der Waals surface area contributed by atoms with E-state index >= 15 is 0 Å². The van der Waals surface area contributed by atoms with Crippen LogP contribution in [0.4, 0.5) is 5.69 Å². The number of fused-ring (bicyclic) bond motifs is 1. The van der Waals surface area contributed by atoms with Crippen molar-refractivity contribution in [1.29, 1.82) is 0 Å². The van der Waals surface area contributed by atoms with Crippen molar-refractivity contribution in [3.8, 4) is 0 Å². The largest absolute Gasteiger partial charge is 0.378 e. The van der Waals surface area contributed by atoms with Crippen LogP contribution in [0.1, 0.15) is 28.9 Å². The van der Waals surface area contributed by atoms with E-state index in [1.807, 2.05) is 41.3 Å². The predicted molar refractivity (Wildman–Crippen MR) is 112 cm³/mol. The summed E-state index contributed by atoms with van der Waals surface area (Å²) in [6.45, 7) is 4.36. The topological polar surface area (TPSA) is 54.5 Å². The average Bonchev–Trinajstić information content (AvgIpc) is 2.75. The van der Waals surface area contributed by atoms with Crippen LogP contribution in [-0.2, 0) is 4.74 Å². The van der Waals surface area contributed by atoms with E-state index in [4.69, 9.17) is 16.3 Å². The number of aromatic nitrogens is 1. The van der Waals surface area contributed by atoms with Crippen molar-refractivity contribution in [1.82, 2.24) is 9.88 Å². The highest BCUT2D eigenvalue weighted by Gasteiger charge is 2.24. The van der Waals surface area contributed by atoms with Crippen LogP contribution in [0.2, 0.25) is 5.02 Å². The predicted octanol–water partition coefficient (Wildman–Crippen LogP) is 4.53. The summed E-state index contributed by atoms with van der Waals surface area (Å²) in [6, 6.07) is 15.7. The first-order valence-electron chi connectivity index (χ1n) is 9.40. The second-order valence-corrected chi connectivity index (χ2v) is 7.33. The Kier molecular flexibility index (Phi) is 5.46. The monoisotopic (exact) mass is 395 g/mol. The highest BCUT2D eigenvalue weighted by Crippen LogP contribution is 2.32. The Hall–Kier alpha value is -2.63. The minimum Gasteiger partial charge on any atom is -0.378 e. The smallest absolute Gasteiger partial charge is 0.257 e. The molecule has 1 amide bonds. The standard InChI is InChI=1S/C22H22ClN3O2/c1-15(16-5-3-2-4-6-16)25-21-18-13-17(23)7-8-20(18)24-14-19(21)22(27)26-9-11-28-12-10-26/h2-8,13-15H,9-12H2,1H3,(H,24,25)/t15-/m0/s1. The number of halogens is 1. The number of nitrogens with one attached hydrogen (secondary N) is 1. The molecule has 2 heterocycles. The fourth-order valence-electron chi connectivity index (χ4n) is 3.46. The van der Waals surface area contributed by atoms with Crippen molar-refractivity contribution < 1.29 is 9.53 Å². The summed E-state index contributed by atoms with van der Waals surface area (Å²) in [5.41, 5.74) is 3.25. The molecular weight excluding hydrogens is 374 g/mol. The summed E-state index contributed by atoms with van der Waals surface area (Å²) < 4.78 is 5.38. The number of carbonyl (C=O) groups is 1. The van der Waals surface area contributed by atoms with E-state index in [1.54, 1.807) is 6.20 Å². The number of pyridine rings is 1. The average molecular weight is 396 g/mol. The lowest BCUT2D eigenvalue weighted by Gasteiger charge is -2.28. The van der Waals surface area contributed by atoms with Crippen LogP contribution in [0.25, 0.3) is 10.9 Å². The number of rotatable bonds is 4. The van der Waals surface area contributed by atoms with E-state index < -0.39 is 0 Å². The third-order valence-electron chi connectivity index (χ3n) is 5.02. The Morgan fingerprint density at radius 1 is 1.18 bits per heavy atom. The zero-order chi connectivity index (χ0) is 19.5. The van der Waals surface area contributed by atoms with Crippen molar-refractivity contribution in [2.24, 2.45) is 0 Å². The van der Waals surface area contributed by atoms with E-state index in [0.717, 1.165) is 22.2 Å². The molecule has 6 heteroatoms. The normalized spacial score (nSPS) is 15.4. The zero-order valence-corrected chi connectivity index (χ0v) is 16.4. The Labute approximate surface area is 169 Å². The maximum absolute atomic E-state index is 13.2. The molecule has 0 unspecified atom stereocenters. The van der Waals surface area contributed by atoms with Gasteiger partial charge in [-0.2, -0.15) is 0 Å². The van der Waals surface area contributed by atoms with Gasteiger partial charge in [0.15, 0.2) is 0 Å². The highest BCUT2D eigenvalue weighted by atomic mass is 35.5. The summed E-state index contributed by atoms with van der Waals surface area (Å²) in [6.07, 6.45) is 1.66. The third-order valence-corrected chi connectivity index (χ3v) is 5.25. The zero-order valence-electron chi connectivity index (χ0n) is 15.7. The van der Waals surface area contributed by atoms with Gasteiger partial charge < -0.3 is 15.0 Å². The van der Waals surface area contributed by atoms with E-state index in [2.05, 4.69) is 29.4 Å². The van der Waals surface area contributed by atoms with Crippen LogP contribution >= 0.6 is 11.6 Å². The number of benzene rings is 2. The van der Waals surface area contributed by atoms with E-state index in [1.165, 1.54) is 0 Å². The molecule has 144 valence electrons. The number of hydrogen-bond donors (Lipinski definition) is 1. The first-order valence-corrected chi connectivity index (χ1v) is 9.78.